The quantitative estimate of drug-likeness (QED) is 0.514. The predicted molar refractivity (Wildman–Crippen MR) is 112 cm³/mol. The molecule has 0 aliphatic carbocycles. The van der Waals surface area contributed by atoms with Gasteiger partial charge in [-0.3, -0.25) is 4.79 Å². The zero-order valence-electron chi connectivity index (χ0n) is 16.8. The summed E-state index contributed by atoms with van der Waals surface area (Å²) in [6.45, 7) is 4.55. The topological polar surface area (TPSA) is 93.7 Å². The molecule has 0 aromatic heterocycles. The van der Waals surface area contributed by atoms with E-state index in [1.165, 1.54) is 0 Å². The maximum absolute atomic E-state index is 11.9. The van der Waals surface area contributed by atoms with Crippen LogP contribution < -0.4 is 14.8 Å². The molecule has 1 amide bonds. The van der Waals surface area contributed by atoms with Gasteiger partial charge in [-0.2, -0.15) is 0 Å². The highest BCUT2D eigenvalue weighted by atomic mass is 32.2. The molecule has 0 unspecified atom stereocenters. The molecule has 29 heavy (non-hydrogen) atoms. The average molecular weight is 421 g/mol. The molecule has 2 N–H and O–H groups in total. The van der Waals surface area contributed by atoms with Crippen molar-refractivity contribution in [2.75, 3.05) is 19.8 Å². The van der Waals surface area contributed by atoms with Crippen LogP contribution in [-0.2, 0) is 31.9 Å². The van der Waals surface area contributed by atoms with Gasteiger partial charge < -0.3 is 14.8 Å². The second kappa shape index (κ2) is 11.5. The van der Waals surface area contributed by atoms with Gasteiger partial charge in [-0.05, 0) is 37.1 Å². The molecule has 0 aliphatic rings. The lowest BCUT2D eigenvalue weighted by molar-refractivity contribution is -0.126. The maximum Gasteiger partial charge on any atom is 0.246 e. The van der Waals surface area contributed by atoms with E-state index in [4.69, 9.17) is 9.47 Å². The lowest BCUT2D eigenvalue weighted by Crippen LogP contribution is -2.31. The number of carbonyl (C=O) groups excluding carboxylic acids is 1. The van der Waals surface area contributed by atoms with E-state index in [2.05, 4.69) is 10.0 Å². The molecule has 0 spiro atoms. The molecule has 0 radical (unpaired) electrons. The van der Waals surface area contributed by atoms with Crippen LogP contribution in [0, 0.1) is 0 Å². The average Bonchev–Trinajstić information content (AvgIpc) is 2.66. The van der Waals surface area contributed by atoms with Crippen LogP contribution in [0.1, 0.15) is 25.0 Å². The van der Waals surface area contributed by atoms with Crippen LogP contribution in [0.2, 0.25) is 0 Å². The first-order chi connectivity index (χ1) is 13.8. The van der Waals surface area contributed by atoms with Crippen molar-refractivity contribution in [3.05, 3.63) is 65.7 Å². The summed E-state index contributed by atoms with van der Waals surface area (Å²) in [7, 11) is -3.35. The first-order valence-corrected chi connectivity index (χ1v) is 11.1. The van der Waals surface area contributed by atoms with E-state index < -0.39 is 10.0 Å². The molecule has 8 heteroatoms. The number of amides is 1. The third kappa shape index (κ3) is 9.56. The fraction of sp³-hybridized carbons (Fsp3) is 0.381. The van der Waals surface area contributed by atoms with E-state index in [1.807, 2.05) is 30.3 Å². The van der Waals surface area contributed by atoms with Gasteiger partial charge in [0.25, 0.3) is 0 Å². The van der Waals surface area contributed by atoms with Gasteiger partial charge in [0, 0.05) is 12.6 Å². The summed E-state index contributed by atoms with van der Waals surface area (Å²) in [6.07, 6.45) is 0. The van der Waals surface area contributed by atoms with E-state index in [0.29, 0.717) is 25.3 Å². The molecule has 0 bridgehead atoms. The monoisotopic (exact) mass is 420 g/mol. The largest absolute Gasteiger partial charge is 0.491 e. The lowest BCUT2D eigenvalue weighted by Gasteiger charge is -2.10. The molecule has 0 heterocycles. The minimum absolute atomic E-state index is 0.0463. The number of nitrogens with one attached hydrogen (secondary N) is 2. The molecule has 7 nitrogen and oxygen atoms in total. The Bertz CT molecular complexity index is 852. The normalized spacial score (nSPS) is 11.4. The molecule has 0 saturated carbocycles. The third-order valence-electron chi connectivity index (χ3n) is 3.76. The number of para-hydroxylation sites is 1. The van der Waals surface area contributed by atoms with Crippen LogP contribution in [0.5, 0.6) is 5.75 Å². The van der Waals surface area contributed by atoms with Gasteiger partial charge in [0.1, 0.15) is 19.0 Å². The Hall–Kier alpha value is -2.42. The summed E-state index contributed by atoms with van der Waals surface area (Å²) in [5, 5.41) is 2.77. The number of carbonyl (C=O) groups is 1. The highest BCUT2D eigenvalue weighted by Crippen LogP contribution is 2.09. The van der Waals surface area contributed by atoms with Gasteiger partial charge in [0.2, 0.25) is 15.9 Å². The summed E-state index contributed by atoms with van der Waals surface area (Å²) in [4.78, 5) is 11.8. The number of ether oxygens (including phenoxy) is 2. The molecule has 0 saturated heterocycles. The van der Waals surface area contributed by atoms with Crippen molar-refractivity contribution in [1.29, 1.82) is 0 Å². The van der Waals surface area contributed by atoms with Gasteiger partial charge in [0.15, 0.2) is 0 Å². The smallest absolute Gasteiger partial charge is 0.246 e. The first-order valence-electron chi connectivity index (χ1n) is 9.44. The standard InChI is InChI=1S/C21H28N2O5S/c1-17(2)23-29(25,26)16-19-10-8-18(9-11-19)14-22-21(24)15-27-12-13-28-20-6-4-3-5-7-20/h3-11,17,23H,12-16H2,1-2H3,(H,22,24). The molecular weight excluding hydrogens is 392 g/mol. The van der Waals surface area contributed by atoms with Crippen molar-refractivity contribution in [3.63, 3.8) is 0 Å². The van der Waals surface area contributed by atoms with Gasteiger partial charge in [0.05, 0.1) is 12.4 Å². The van der Waals surface area contributed by atoms with E-state index in [-0.39, 0.29) is 24.3 Å². The van der Waals surface area contributed by atoms with E-state index in [1.54, 1.807) is 38.1 Å². The Morgan fingerprint density at radius 3 is 2.28 bits per heavy atom. The number of hydrogen-bond acceptors (Lipinski definition) is 5. The molecule has 0 aliphatic heterocycles. The lowest BCUT2D eigenvalue weighted by atomic mass is 10.1. The van der Waals surface area contributed by atoms with E-state index >= 15 is 0 Å². The Kier molecular flexibility index (Phi) is 9.11. The van der Waals surface area contributed by atoms with Crippen molar-refractivity contribution >= 4 is 15.9 Å². The summed E-state index contributed by atoms with van der Waals surface area (Å²) in [5.74, 6) is 0.464. The van der Waals surface area contributed by atoms with Crippen LogP contribution in [0.4, 0.5) is 0 Å². The minimum atomic E-state index is -3.35. The van der Waals surface area contributed by atoms with Crippen LogP contribution in [-0.4, -0.2) is 40.2 Å². The SMILES string of the molecule is CC(C)NS(=O)(=O)Cc1ccc(CNC(=O)COCCOc2ccccc2)cc1. The van der Waals surface area contributed by atoms with Crippen molar-refractivity contribution in [2.45, 2.75) is 32.2 Å². The van der Waals surface area contributed by atoms with Crippen LogP contribution in [0.15, 0.2) is 54.6 Å². The van der Waals surface area contributed by atoms with E-state index in [0.717, 1.165) is 11.3 Å². The second-order valence-electron chi connectivity index (χ2n) is 6.84. The number of benzene rings is 2. The second-order valence-corrected chi connectivity index (χ2v) is 8.59. The van der Waals surface area contributed by atoms with Gasteiger partial charge in [-0.1, -0.05) is 42.5 Å². The van der Waals surface area contributed by atoms with Crippen LogP contribution >= 0.6 is 0 Å². The third-order valence-corrected chi connectivity index (χ3v) is 5.30. The van der Waals surface area contributed by atoms with E-state index in [9.17, 15) is 13.2 Å². The van der Waals surface area contributed by atoms with Gasteiger partial charge in [-0.25, -0.2) is 13.1 Å². The molecule has 0 fully saturated rings. The minimum Gasteiger partial charge on any atom is -0.491 e. The molecule has 158 valence electrons. The Labute approximate surface area is 172 Å². The zero-order valence-corrected chi connectivity index (χ0v) is 17.6. The first kappa shape index (κ1) is 22.9. The highest BCUT2D eigenvalue weighted by molar-refractivity contribution is 7.88. The number of sulfonamides is 1. The van der Waals surface area contributed by atoms with Crippen LogP contribution in [0.3, 0.4) is 0 Å². The molecule has 0 atom stereocenters. The summed E-state index contributed by atoms with van der Waals surface area (Å²) in [6, 6.07) is 16.4. The summed E-state index contributed by atoms with van der Waals surface area (Å²) in [5.41, 5.74) is 1.57. The summed E-state index contributed by atoms with van der Waals surface area (Å²) < 4.78 is 37.2. The Morgan fingerprint density at radius 1 is 0.966 bits per heavy atom. The fourth-order valence-electron chi connectivity index (χ4n) is 2.53. The Morgan fingerprint density at radius 2 is 1.62 bits per heavy atom. The highest BCUT2D eigenvalue weighted by Gasteiger charge is 2.12. The van der Waals surface area contributed by atoms with Gasteiger partial charge in [-0.15, -0.1) is 0 Å². The zero-order chi connectivity index (χ0) is 21.1. The van der Waals surface area contributed by atoms with Crippen molar-refractivity contribution in [3.8, 4) is 5.75 Å². The number of rotatable bonds is 12. The van der Waals surface area contributed by atoms with Crippen molar-refractivity contribution in [1.82, 2.24) is 10.0 Å². The Balaban J connectivity index is 1.64. The molecule has 2 rings (SSSR count). The van der Waals surface area contributed by atoms with Crippen molar-refractivity contribution < 1.29 is 22.7 Å². The van der Waals surface area contributed by atoms with Crippen LogP contribution in [0.25, 0.3) is 0 Å². The predicted octanol–water partition coefficient (Wildman–Crippen LogP) is 2.23. The van der Waals surface area contributed by atoms with Gasteiger partial charge >= 0.3 is 0 Å². The number of hydrogen-bond donors (Lipinski definition) is 2. The maximum atomic E-state index is 11.9. The molecule has 2 aromatic carbocycles. The fourth-order valence-corrected chi connectivity index (χ4v) is 3.96. The summed E-state index contributed by atoms with van der Waals surface area (Å²) >= 11 is 0. The molecular formula is C21H28N2O5S. The van der Waals surface area contributed by atoms with Crippen molar-refractivity contribution in [2.24, 2.45) is 0 Å². The molecule has 2 aromatic rings.